The van der Waals surface area contributed by atoms with Crippen LogP contribution in [0.5, 0.6) is 11.5 Å². The van der Waals surface area contributed by atoms with Crippen molar-refractivity contribution in [1.82, 2.24) is 9.97 Å². The second-order valence-electron chi connectivity index (χ2n) is 14.8. The highest BCUT2D eigenvalue weighted by molar-refractivity contribution is 5.91. The van der Waals surface area contributed by atoms with Crippen molar-refractivity contribution >= 4 is 22.2 Å². The van der Waals surface area contributed by atoms with Gasteiger partial charge in [-0.1, -0.05) is 97.1 Å². The van der Waals surface area contributed by atoms with Gasteiger partial charge in [-0.25, -0.2) is 9.97 Å². The monoisotopic (exact) mass is 743 g/mol. The summed E-state index contributed by atoms with van der Waals surface area (Å²) in [6.45, 7) is 0. The summed E-state index contributed by atoms with van der Waals surface area (Å²) in [5, 5.41) is 10.5. The van der Waals surface area contributed by atoms with Crippen LogP contribution in [0.25, 0.3) is 78.5 Å². The largest absolute Gasteiger partial charge is 0.457 e. The Morgan fingerprint density at radius 3 is 1.52 bits per heavy atom. The smallest absolute Gasteiger partial charge is 0.227 e. The third kappa shape index (κ3) is 4.71. The molecule has 12 rings (SSSR count). The molecule has 0 fully saturated rings. The van der Waals surface area contributed by atoms with Crippen LogP contribution in [0, 0.1) is 11.3 Å². The first-order valence-corrected chi connectivity index (χ1v) is 19.2. The lowest BCUT2D eigenvalue weighted by molar-refractivity contribution is 0.436. The Kier molecular flexibility index (Phi) is 6.81. The van der Waals surface area contributed by atoms with Crippen LogP contribution in [-0.4, -0.2) is 9.97 Å². The standard InChI is InChI=1S/C52H29N3O3/c53-30-31-23-33(32-21-22-39-38-11-1-2-12-40(38)52(43(39)29-32)41-13-3-7-17-46(41)56-47-18-8-4-14-42(47)52)25-34(24-31)35-26-36(50-54-44-15-5-9-19-48(44)57-50)28-37(27-35)51-55-45-16-6-10-20-49(45)58-51/h1-29H. The van der Waals surface area contributed by atoms with Crippen LogP contribution in [0.15, 0.2) is 185 Å². The Morgan fingerprint density at radius 1 is 0.414 bits per heavy atom. The predicted octanol–water partition coefficient (Wildman–Crippen LogP) is 13.0. The molecule has 2 aromatic heterocycles. The van der Waals surface area contributed by atoms with Gasteiger partial charge in [0.15, 0.2) is 11.2 Å². The topological polar surface area (TPSA) is 85.1 Å². The number of benzene rings is 8. The number of nitriles is 1. The lowest BCUT2D eigenvalue weighted by Crippen LogP contribution is -2.32. The van der Waals surface area contributed by atoms with E-state index in [0.29, 0.717) is 28.5 Å². The molecular weight excluding hydrogens is 715 g/mol. The fourth-order valence-corrected chi connectivity index (χ4v) is 9.09. The number of oxazole rings is 2. The van der Waals surface area contributed by atoms with Crippen molar-refractivity contribution in [3.05, 3.63) is 204 Å². The molecule has 0 bridgehead atoms. The highest BCUT2D eigenvalue weighted by Crippen LogP contribution is 2.62. The summed E-state index contributed by atoms with van der Waals surface area (Å²) in [6, 6.07) is 62.3. The number of hydrogen-bond donors (Lipinski definition) is 0. The maximum atomic E-state index is 10.5. The normalized spacial score (nSPS) is 13.1. The Bertz CT molecular complexity index is 3160. The molecule has 0 atom stereocenters. The molecule has 0 unspecified atom stereocenters. The van der Waals surface area contributed by atoms with Gasteiger partial charge in [-0.05, 0) is 123 Å². The SMILES string of the molecule is N#Cc1cc(-c2cc(-c3nc4ccccc4o3)cc(-c3nc4ccccc4o3)c2)cc(-c2ccc3c(c2)C2(c4ccccc4Oc4ccccc42)c2ccccc2-3)c1. The van der Waals surface area contributed by atoms with E-state index in [-0.39, 0.29) is 0 Å². The van der Waals surface area contributed by atoms with Crippen LogP contribution in [0.4, 0.5) is 0 Å². The lowest BCUT2D eigenvalue weighted by Gasteiger charge is -2.39. The van der Waals surface area contributed by atoms with E-state index in [9.17, 15) is 5.26 Å². The van der Waals surface area contributed by atoms with E-state index in [2.05, 4.69) is 103 Å². The molecule has 1 spiro atoms. The highest BCUT2D eigenvalue weighted by atomic mass is 16.5. The summed E-state index contributed by atoms with van der Waals surface area (Å²) in [5.41, 5.74) is 15.1. The summed E-state index contributed by atoms with van der Waals surface area (Å²) in [5.74, 6) is 2.66. The first kappa shape index (κ1) is 32.3. The fraction of sp³-hybridized carbons (Fsp3) is 0.0192. The molecule has 6 heteroatoms. The van der Waals surface area contributed by atoms with Crippen LogP contribution in [0.1, 0.15) is 27.8 Å². The van der Waals surface area contributed by atoms with Gasteiger partial charge in [0.2, 0.25) is 11.8 Å². The van der Waals surface area contributed by atoms with Gasteiger partial charge in [0.05, 0.1) is 17.0 Å². The molecule has 0 saturated carbocycles. The van der Waals surface area contributed by atoms with Crippen LogP contribution < -0.4 is 4.74 Å². The molecule has 58 heavy (non-hydrogen) atoms. The quantitative estimate of drug-likeness (QED) is 0.178. The van der Waals surface area contributed by atoms with Crippen molar-refractivity contribution in [3.8, 4) is 73.9 Å². The van der Waals surface area contributed by atoms with Gasteiger partial charge in [-0.15, -0.1) is 0 Å². The zero-order valence-corrected chi connectivity index (χ0v) is 30.8. The molecule has 0 radical (unpaired) electrons. The van der Waals surface area contributed by atoms with Crippen molar-refractivity contribution in [3.63, 3.8) is 0 Å². The summed E-state index contributed by atoms with van der Waals surface area (Å²) < 4.78 is 19.1. The van der Waals surface area contributed by atoms with E-state index in [1.807, 2.05) is 78.9 Å². The maximum Gasteiger partial charge on any atom is 0.227 e. The molecule has 6 nitrogen and oxygen atoms in total. The van der Waals surface area contributed by atoms with E-state index in [4.69, 9.17) is 23.5 Å². The van der Waals surface area contributed by atoms with E-state index in [1.165, 1.54) is 22.3 Å². The molecule has 3 heterocycles. The van der Waals surface area contributed by atoms with E-state index in [0.717, 1.165) is 67.0 Å². The Labute approximate surface area is 332 Å². The number of aromatic nitrogens is 2. The summed E-state index contributed by atoms with van der Waals surface area (Å²) >= 11 is 0. The maximum absolute atomic E-state index is 10.5. The van der Waals surface area contributed by atoms with Gasteiger partial charge in [0.1, 0.15) is 22.5 Å². The number of rotatable bonds is 4. The Hall–Kier alpha value is -8.01. The van der Waals surface area contributed by atoms with Gasteiger partial charge < -0.3 is 13.6 Å². The van der Waals surface area contributed by atoms with Crippen LogP contribution in [0.2, 0.25) is 0 Å². The highest BCUT2D eigenvalue weighted by Gasteiger charge is 2.51. The molecular formula is C52H29N3O3. The Balaban J connectivity index is 1.06. The molecule has 270 valence electrons. The van der Waals surface area contributed by atoms with Gasteiger partial charge in [0, 0.05) is 22.3 Å². The first-order chi connectivity index (χ1) is 28.6. The molecule has 0 amide bonds. The Morgan fingerprint density at radius 2 is 0.897 bits per heavy atom. The van der Waals surface area contributed by atoms with Gasteiger partial charge in [-0.3, -0.25) is 0 Å². The van der Waals surface area contributed by atoms with Gasteiger partial charge in [0.25, 0.3) is 0 Å². The average molecular weight is 744 g/mol. The molecule has 8 aromatic carbocycles. The lowest BCUT2D eigenvalue weighted by atomic mass is 9.66. The minimum absolute atomic E-state index is 0.484. The number of hydrogen-bond acceptors (Lipinski definition) is 6. The minimum atomic E-state index is -0.606. The fourth-order valence-electron chi connectivity index (χ4n) is 9.09. The van der Waals surface area contributed by atoms with Crippen molar-refractivity contribution < 1.29 is 13.6 Å². The van der Waals surface area contributed by atoms with E-state index in [1.54, 1.807) is 0 Å². The minimum Gasteiger partial charge on any atom is -0.457 e. The second kappa shape index (κ2) is 12.2. The molecule has 1 aliphatic carbocycles. The summed E-state index contributed by atoms with van der Waals surface area (Å²) in [6.07, 6.45) is 0. The predicted molar refractivity (Wildman–Crippen MR) is 225 cm³/mol. The van der Waals surface area contributed by atoms with Crippen molar-refractivity contribution in [2.75, 3.05) is 0 Å². The first-order valence-electron chi connectivity index (χ1n) is 19.2. The number of fused-ring (bicyclic) bond motifs is 11. The second-order valence-corrected chi connectivity index (χ2v) is 14.8. The zero-order chi connectivity index (χ0) is 38.4. The number of para-hydroxylation sites is 6. The number of ether oxygens (including phenoxy) is 1. The van der Waals surface area contributed by atoms with Crippen LogP contribution >= 0.6 is 0 Å². The molecule has 2 aliphatic rings. The van der Waals surface area contributed by atoms with Crippen LogP contribution in [0.3, 0.4) is 0 Å². The van der Waals surface area contributed by atoms with Crippen molar-refractivity contribution in [2.24, 2.45) is 0 Å². The number of nitrogens with zero attached hydrogens (tertiary/aromatic N) is 3. The van der Waals surface area contributed by atoms with Crippen LogP contribution in [-0.2, 0) is 5.41 Å². The third-order valence-electron chi connectivity index (χ3n) is 11.6. The zero-order valence-electron chi connectivity index (χ0n) is 30.8. The van der Waals surface area contributed by atoms with Gasteiger partial charge in [-0.2, -0.15) is 5.26 Å². The van der Waals surface area contributed by atoms with Crippen molar-refractivity contribution in [2.45, 2.75) is 5.41 Å². The third-order valence-corrected chi connectivity index (χ3v) is 11.6. The summed E-state index contributed by atoms with van der Waals surface area (Å²) in [7, 11) is 0. The molecule has 10 aromatic rings. The van der Waals surface area contributed by atoms with E-state index >= 15 is 0 Å². The van der Waals surface area contributed by atoms with Gasteiger partial charge >= 0.3 is 0 Å². The van der Waals surface area contributed by atoms with Crippen molar-refractivity contribution in [1.29, 1.82) is 5.26 Å². The molecule has 1 aliphatic heterocycles. The molecule has 0 N–H and O–H groups in total. The molecule has 0 saturated heterocycles. The average Bonchev–Trinajstić information content (AvgIpc) is 4.00. The summed E-state index contributed by atoms with van der Waals surface area (Å²) in [4.78, 5) is 9.68. The van der Waals surface area contributed by atoms with E-state index < -0.39 is 5.41 Å².